The van der Waals surface area contributed by atoms with E-state index in [2.05, 4.69) is 17.4 Å². The van der Waals surface area contributed by atoms with E-state index in [1.165, 1.54) is 0 Å². The van der Waals surface area contributed by atoms with E-state index < -0.39 is 0 Å². The van der Waals surface area contributed by atoms with E-state index >= 15 is 0 Å². The second-order valence-electron chi connectivity index (χ2n) is 4.52. The molecule has 0 radical (unpaired) electrons. The maximum absolute atomic E-state index is 11.9. The van der Waals surface area contributed by atoms with E-state index in [-0.39, 0.29) is 24.4 Å². The van der Waals surface area contributed by atoms with Crippen LogP contribution >= 0.6 is 12.4 Å². The van der Waals surface area contributed by atoms with E-state index in [4.69, 9.17) is 5.73 Å². The largest absolute Gasteiger partial charge is 0.352 e. The molecular weight excluding hydrogens is 260 g/mol. The third-order valence-corrected chi connectivity index (χ3v) is 2.99. The molecule has 19 heavy (non-hydrogen) atoms. The summed E-state index contributed by atoms with van der Waals surface area (Å²) in [5.74, 6) is 0.0179. The Morgan fingerprint density at radius 3 is 2.63 bits per heavy atom. The van der Waals surface area contributed by atoms with Crippen LogP contribution in [0.3, 0.4) is 0 Å². The zero-order valence-electron chi connectivity index (χ0n) is 10.9. The van der Waals surface area contributed by atoms with Crippen LogP contribution < -0.4 is 11.1 Å². The number of fused-ring (bicyclic) bond motifs is 1. The average molecular weight is 279 g/mol. The van der Waals surface area contributed by atoms with Crippen LogP contribution in [0.15, 0.2) is 42.5 Å². The minimum absolute atomic E-state index is 0. The van der Waals surface area contributed by atoms with Crippen LogP contribution in [-0.2, 0) is 11.2 Å². The highest BCUT2D eigenvalue weighted by Gasteiger charge is 2.08. The molecular formula is C15H19ClN2O. The SMILES string of the molecule is C[C@@H](CN)NC(=O)Cc1cccc2ccccc12.Cl. The van der Waals surface area contributed by atoms with Crippen LogP contribution in [0.5, 0.6) is 0 Å². The van der Waals surface area contributed by atoms with Crippen LogP contribution in [0.2, 0.25) is 0 Å². The summed E-state index contributed by atoms with van der Waals surface area (Å²) in [6.07, 6.45) is 0.395. The van der Waals surface area contributed by atoms with E-state index in [0.29, 0.717) is 13.0 Å². The first-order valence-electron chi connectivity index (χ1n) is 6.17. The highest BCUT2D eigenvalue weighted by atomic mass is 35.5. The van der Waals surface area contributed by atoms with Crippen LogP contribution in [0.1, 0.15) is 12.5 Å². The number of amides is 1. The van der Waals surface area contributed by atoms with Gasteiger partial charge in [-0.25, -0.2) is 0 Å². The van der Waals surface area contributed by atoms with Gasteiger partial charge in [0.25, 0.3) is 0 Å². The maximum atomic E-state index is 11.9. The van der Waals surface area contributed by atoms with Gasteiger partial charge in [-0.15, -0.1) is 12.4 Å². The van der Waals surface area contributed by atoms with Gasteiger partial charge in [0.1, 0.15) is 0 Å². The average Bonchev–Trinajstić information content (AvgIpc) is 2.39. The lowest BCUT2D eigenvalue weighted by Gasteiger charge is -2.12. The molecule has 102 valence electrons. The molecule has 0 fully saturated rings. The van der Waals surface area contributed by atoms with Crippen LogP contribution in [0.4, 0.5) is 0 Å². The Hall–Kier alpha value is -1.58. The van der Waals surface area contributed by atoms with Crippen molar-refractivity contribution in [2.75, 3.05) is 6.54 Å². The Kier molecular flexibility index (Phi) is 5.80. The second kappa shape index (κ2) is 7.12. The minimum atomic E-state index is 0. The molecule has 3 nitrogen and oxygen atoms in total. The predicted molar refractivity (Wildman–Crippen MR) is 81.6 cm³/mol. The lowest BCUT2D eigenvalue weighted by molar-refractivity contribution is -0.120. The summed E-state index contributed by atoms with van der Waals surface area (Å²) in [5.41, 5.74) is 6.54. The highest BCUT2D eigenvalue weighted by molar-refractivity contribution is 5.90. The van der Waals surface area contributed by atoms with Crippen LogP contribution in [0.25, 0.3) is 10.8 Å². The molecule has 2 aromatic rings. The zero-order chi connectivity index (χ0) is 13.0. The quantitative estimate of drug-likeness (QED) is 0.901. The first-order valence-corrected chi connectivity index (χ1v) is 6.17. The molecule has 4 heteroatoms. The van der Waals surface area contributed by atoms with Gasteiger partial charge in [0, 0.05) is 12.6 Å². The Bertz CT molecular complexity index is 551. The monoisotopic (exact) mass is 278 g/mol. The number of hydrogen-bond donors (Lipinski definition) is 2. The summed E-state index contributed by atoms with van der Waals surface area (Å²) < 4.78 is 0. The third kappa shape index (κ3) is 3.94. The van der Waals surface area contributed by atoms with Gasteiger partial charge < -0.3 is 11.1 Å². The van der Waals surface area contributed by atoms with Gasteiger partial charge in [-0.05, 0) is 23.3 Å². The van der Waals surface area contributed by atoms with E-state index in [9.17, 15) is 4.79 Å². The number of halogens is 1. The molecule has 0 saturated heterocycles. The topological polar surface area (TPSA) is 55.1 Å². The number of rotatable bonds is 4. The predicted octanol–water partition coefficient (Wildman–Crippen LogP) is 2.27. The Morgan fingerprint density at radius 1 is 1.21 bits per heavy atom. The molecule has 2 aromatic carbocycles. The fourth-order valence-electron chi connectivity index (χ4n) is 2.00. The molecule has 0 aromatic heterocycles. The molecule has 0 heterocycles. The molecule has 0 saturated carbocycles. The van der Waals surface area contributed by atoms with Crippen molar-refractivity contribution in [1.29, 1.82) is 0 Å². The van der Waals surface area contributed by atoms with E-state index in [1.54, 1.807) is 0 Å². The van der Waals surface area contributed by atoms with Crippen molar-refractivity contribution in [3.63, 3.8) is 0 Å². The van der Waals surface area contributed by atoms with Crippen LogP contribution in [-0.4, -0.2) is 18.5 Å². The van der Waals surface area contributed by atoms with Gasteiger partial charge in [0.15, 0.2) is 0 Å². The fourth-order valence-corrected chi connectivity index (χ4v) is 2.00. The Balaban J connectivity index is 0.00000180. The minimum Gasteiger partial charge on any atom is -0.352 e. The summed E-state index contributed by atoms with van der Waals surface area (Å²) >= 11 is 0. The van der Waals surface area contributed by atoms with Gasteiger partial charge in [0.2, 0.25) is 5.91 Å². The molecule has 0 aliphatic heterocycles. The van der Waals surface area contributed by atoms with E-state index in [1.807, 2.05) is 37.3 Å². The molecule has 0 bridgehead atoms. The first-order chi connectivity index (χ1) is 8.70. The van der Waals surface area contributed by atoms with Gasteiger partial charge in [-0.2, -0.15) is 0 Å². The van der Waals surface area contributed by atoms with Gasteiger partial charge >= 0.3 is 0 Å². The normalized spacial score (nSPS) is 11.7. The number of hydrogen-bond acceptors (Lipinski definition) is 2. The number of carbonyl (C=O) groups excluding carboxylic acids is 1. The van der Waals surface area contributed by atoms with Crippen molar-refractivity contribution in [2.24, 2.45) is 5.73 Å². The maximum Gasteiger partial charge on any atom is 0.224 e. The number of carbonyl (C=O) groups is 1. The Labute approximate surface area is 119 Å². The smallest absolute Gasteiger partial charge is 0.224 e. The molecule has 0 spiro atoms. The molecule has 1 amide bonds. The summed E-state index contributed by atoms with van der Waals surface area (Å²) in [5, 5.41) is 5.18. The van der Waals surface area contributed by atoms with Gasteiger partial charge in [-0.1, -0.05) is 42.5 Å². The molecule has 0 aliphatic carbocycles. The Morgan fingerprint density at radius 2 is 1.89 bits per heavy atom. The molecule has 0 unspecified atom stereocenters. The van der Waals surface area contributed by atoms with Crippen molar-refractivity contribution in [3.05, 3.63) is 48.0 Å². The lowest BCUT2D eigenvalue weighted by atomic mass is 10.0. The lowest BCUT2D eigenvalue weighted by Crippen LogP contribution is -2.38. The zero-order valence-corrected chi connectivity index (χ0v) is 11.7. The van der Waals surface area contributed by atoms with Crippen molar-refractivity contribution in [2.45, 2.75) is 19.4 Å². The highest BCUT2D eigenvalue weighted by Crippen LogP contribution is 2.18. The summed E-state index contributed by atoms with van der Waals surface area (Å²) in [6, 6.07) is 14.1. The molecule has 0 aliphatic rings. The number of nitrogens with one attached hydrogen (secondary N) is 1. The van der Waals surface area contributed by atoms with Gasteiger partial charge in [0.05, 0.1) is 6.42 Å². The molecule has 2 rings (SSSR count). The van der Waals surface area contributed by atoms with Crippen molar-refractivity contribution in [3.8, 4) is 0 Å². The standard InChI is InChI=1S/C15H18N2O.ClH/c1-11(10-16)17-15(18)9-13-7-4-6-12-5-2-3-8-14(12)13;/h2-8,11H,9-10,16H2,1H3,(H,17,18);1H/t11-;/m0./s1. The fraction of sp³-hybridized carbons (Fsp3) is 0.267. The summed E-state index contributed by atoms with van der Waals surface area (Å²) in [4.78, 5) is 11.9. The third-order valence-electron chi connectivity index (χ3n) is 2.99. The second-order valence-corrected chi connectivity index (χ2v) is 4.52. The summed E-state index contributed by atoms with van der Waals surface area (Å²) in [6.45, 7) is 2.36. The van der Waals surface area contributed by atoms with Crippen molar-refractivity contribution < 1.29 is 4.79 Å². The van der Waals surface area contributed by atoms with Crippen molar-refractivity contribution in [1.82, 2.24) is 5.32 Å². The molecule has 3 N–H and O–H groups in total. The first kappa shape index (κ1) is 15.5. The number of benzene rings is 2. The number of nitrogens with two attached hydrogens (primary N) is 1. The molecule has 1 atom stereocenters. The van der Waals surface area contributed by atoms with E-state index in [0.717, 1.165) is 16.3 Å². The summed E-state index contributed by atoms with van der Waals surface area (Å²) in [7, 11) is 0. The van der Waals surface area contributed by atoms with Crippen molar-refractivity contribution >= 4 is 29.1 Å². The van der Waals surface area contributed by atoms with Gasteiger partial charge in [-0.3, -0.25) is 4.79 Å². The van der Waals surface area contributed by atoms with Crippen LogP contribution in [0, 0.1) is 0 Å².